The van der Waals surface area contributed by atoms with Gasteiger partial charge in [-0.05, 0) is 23.8 Å². The van der Waals surface area contributed by atoms with E-state index in [2.05, 4.69) is 4.98 Å². The number of nitrogens with one attached hydrogen (secondary N) is 1. The molecule has 0 bridgehead atoms. The van der Waals surface area contributed by atoms with Crippen molar-refractivity contribution in [3.05, 3.63) is 58.0 Å². The van der Waals surface area contributed by atoms with Gasteiger partial charge in [-0.25, -0.2) is 0 Å². The van der Waals surface area contributed by atoms with Crippen LogP contribution in [-0.2, 0) is 6.54 Å². The Morgan fingerprint density at radius 2 is 2.10 bits per heavy atom. The number of phenolic OH excluding ortho intramolecular Hbond substituents is 1. The van der Waals surface area contributed by atoms with Gasteiger partial charge in [0, 0.05) is 25.9 Å². The van der Waals surface area contributed by atoms with Crippen LogP contribution in [0.25, 0.3) is 0 Å². The standard InChI is InChI=1S/C15H16N2O4/c1-17(15(20)11-4-6-14(19)16-8-11)9-10-3-5-12(18)13(7-10)21-2/h3-8,18H,9H2,1-2H3,(H,16,19). The number of aromatic nitrogens is 1. The normalized spacial score (nSPS) is 10.2. The van der Waals surface area contributed by atoms with E-state index in [1.54, 1.807) is 19.2 Å². The molecule has 21 heavy (non-hydrogen) atoms. The predicted molar refractivity (Wildman–Crippen MR) is 77.5 cm³/mol. The largest absolute Gasteiger partial charge is 0.504 e. The molecule has 0 saturated heterocycles. The average molecular weight is 288 g/mol. The maximum Gasteiger partial charge on any atom is 0.255 e. The zero-order valence-electron chi connectivity index (χ0n) is 11.8. The number of nitrogens with zero attached hydrogens (tertiary/aromatic N) is 1. The van der Waals surface area contributed by atoms with Gasteiger partial charge in [-0.1, -0.05) is 6.07 Å². The molecule has 0 aliphatic heterocycles. The molecule has 2 rings (SSSR count). The lowest BCUT2D eigenvalue weighted by atomic mass is 10.1. The van der Waals surface area contributed by atoms with Crippen LogP contribution >= 0.6 is 0 Å². The Bertz CT molecular complexity index is 689. The Labute approximate surface area is 121 Å². The summed E-state index contributed by atoms with van der Waals surface area (Å²) in [7, 11) is 3.13. The topological polar surface area (TPSA) is 82.6 Å². The zero-order valence-corrected chi connectivity index (χ0v) is 11.8. The molecule has 0 unspecified atom stereocenters. The van der Waals surface area contributed by atoms with Gasteiger partial charge in [0.2, 0.25) is 5.56 Å². The maximum atomic E-state index is 12.2. The number of rotatable bonds is 4. The lowest BCUT2D eigenvalue weighted by Gasteiger charge is -2.17. The number of pyridine rings is 1. The SMILES string of the molecule is COc1cc(CN(C)C(=O)c2ccc(=O)[nH]c2)ccc1O. The van der Waals surface area contributed by atoms with Crippen molar-refractivity contribution in [2.24, 2.45) is 0 Å². The molecule has 2 N–H and O–H groups in total. The first-order valence-corrected chi connectivity index (χ1v) is 6.31. The van der Waals surface area contributed by atoms with E-state index in [4.69, 9.17) is 4.74 Å². The molecule has 0 spiro atoms. The molecular weight excluding hydrogens is 272 g/mol. The Hall–Kier alpha value is -2.76. The zero-order chi connectivity index (χ0) is 15.4. The first-order chi connectivity index (χ1) is 10.0. The number of hydrogen-bond acceptors (Lipinski definition) is 4. The summed E-state index contributed by atoms with van der Waals surface area (Å²) in [6, 6.07) is 7.70. The molecule has 0 fully saturated rings. The summed E-state index contributed by atoms with van der Waals surface area (Å²) >= 11 is 0. The number of carbonyl (C=O) groups excluding carboxylic acids is 1. The van der Waals surface area contributed by atoms with Gasteiger partial charge in [0.05, 0.1) is 12.7 Å². The van der Waals surface area contributed by atoms with E-state index < -0.39 is 0 Å². The predicted octanol–water partition coefficient (Wildman–Crippen LogP) is 1.36. The van der Waals surface area contributed by atoms with Crippen LogP contribution in [0.2, 0.25) is 0 Å². The number of aromatic amines is 1. The minimum atomic E-state index is -0.252. The maximum absolute atomic E-state index is 12.2. The van der Waals surface area contributed by atoms with Gasteiger partial charge in [-0.15, -0.1) is 0 Å². The third-order valence-electron chi connectivity index (χ3n) is 3.04. The van der Waals surface area contributed by atoms with E-state index >= 15 is 0 Å². The minimum Gasteiger partial charge on any atom is -0.504 e. The van der Waals surface area contributed by atoms with E-state index in [0.29, 0.717) is 17.9 Å². The van der Waals surface area contributed by atoms with Gasteiger partial charge < -0.3 is 19.7 Å². The van der Waals surface area contributed by atoms with Crippen LogP contribution in [0.3, 0.4) is 0 Å². The molecular formula is C15H16N2O4. The molecule has 0 aliphatic rings. The van der Waals surface area contributed by atoms with E-state index in [1.807, 2.05) is 0 Å². The summed E-state index contributed by atoms with van der Waals surface area (Å²) < 4.78 is 5.03. The molecule has 0 radical (unpaired) electrons. The number of carbonyl (C=O) groups is 1. The molecule has 1 heterocycles. The Balaban J connectivity index is 2.13. The van der Waals surface area contributed by atoms with Gasteiger partial charge in [0.25, 0.3) is 5.91 Å². The Morgan fingerprint density at radius 3 is 2.71 bits per heavy atom. The first-order valence-electron chi connectivity index (χ1n) is 6.31. The Morgan fingerprint density at radius 1 is 1.33 bits per heavy atom. The number of benzene rings is 1. The lowest BCUT2D eigenvalue weighted by molar-refractivity contribution is 0.0784. The van der Waals surface area contributed by atoms with Crippen LogP contribution in [-0.4, -0.2) is 35.1 Å². The van der Waals surface area contributed by atoms with Crippen molar-refractivity contribution in [3.8, 4) is 11.5 Å². The van der Waals surface area contributed by atoms with Gasteiger partial charge in [-0.2, -0.15) is 0 Å². The van der Waals surface area contributed by atoms with Crippen molar-refractivity contribution in [1.82, 2.24) is 9.88 Å². The number of amides is 1. The summed E-state index contributed by atoms with van der Waals surface area (Å²) in [6.45, 7) is 0.356. The molecule has 1 aromatic heterocycles. The second kappa shape index (κ2) is 6.13. The fraction of sp³-hybridized carbons (Fsp3) is 0.200. The highest BCUT2D eigenvalue weighted by molar-refractivity contribution is 5.93. The molecule has 2 aromatic rings. The monoisotopic (exact) mass is 288 g/mol. The van der Waals surface area contributed by atoms with Gasteiger partial charge in [-0.3, -0.25) is 9.59 Å². The van der Waals surface area contributed by atoms with Gasteiger partial charge in [0.1, 0.15) is 0 Å². The van der Waals surface area contributed by atoms with Gasteiger partial charge >= 0.3 is 0 Å². The highest BCUT2D eigenvalue weighted by Gasteiger charge is 2.13. The van der Waals surface area contributed by atoms with Crippen molar-refractivity contribution in [2.75, 3.05) is 14.2 Å². The van der Waals surface area contributed by atoms with Crippen molar-refractivity contribution >= 4 is 5.91 Å². The van der Waals surface area contributed by atoms with Crippen LogP contribution in [0.15, 0.2) is 41.3 Å². The molecule has 0 aliphatic carbocycles. The summed E-state index contributed by atoms with van der Waals surface area (Å²) in [4.78, 5) is 27.2. The fourth-order valence-corrected chi connectivity index (χ4v) is 1.93. The number of hydrogen-bond donors (Lipinski definition) is 2. The number of methoxy groups -OCH3 is 1. The smallest absolute Gasteiger partial charge is 0.255 e. The molecule has 6 nitrogen and oxygen atoms in total. The summed E-state index contributed by atoms with van der Waals surface area (Å²) in [5.41, 5.74) is 0.977. The van der Waals surface area contributed by atoms with Crippen LogP contribution in [0.4, 0.5) is 0 Å². The Kier molecular flexibility index (Phi) is 4.27. The van der Waals surface area contributed by atoms with Crippen LogP contribution in [0, 0.1) is 0 Å². The molecule has 1 amide bonds. The van der Waals surface area contributed by atoms with E-state index in [-0.39, 0.29) is 17.2 Å². The summed E-state index contributed by atoms with van der Waals surface area (Å²) in [6.07, 6.45) is 1.39. The number of aromatic hydroxyl groups is 1. The molecule has 6 heteroatoms. The second-order valence-corrected chi connectivity index (χ2v) is 4.61. The highest BCUT2D eigenvalue weighted by atomic mass is 16.5. The molecule has 0 saturated carbocycles. The third-order valence-corrected chi connectivity index (χ3v) is 3.04. The number of phenols is 1. The van der Waals surface area contributed by atoms with Crippen molar-refractivity contribution in [2.45, 2.75) is 6.54 Å². The van der Waals surface area contributed by atoms with E-state index in [0.717, 1.165) is 5.56 Å². The molecule has 0 atom stereocenters. The van der Waals surface area contributed by atoms with Crippen molar-refractivity contribution in [3.63, 3.8) is 0 Å². The van der Waals surface area contributed by atoms with Crippen molar-refractivity contribution in [1.29, 1.82) is 0 Å². The molecule has 110 valence electrons. The average Bonchev–Trinajstić information content (AvgIpc) is 2.49. The lowest BCUT2D eigenvalue weighted by Crippen LogP contribution is -2.26. The molecule has 1 aromatic carbocycles. The minimum absolute atomic E-state index is 0.0517. The van der Waals surface area contributed by atoms with Crippen LogP contribution in [0.5, 0.6) is 11.5 Å². The highest BCUT2D eigenvalue weighted by Crippen LogP contribution is 2.26. The number of H-pyrrole nitrogens is 1. The van der Waals surface area contributed by atoms with E-state index in [9.17, 15) is 14.7 Å². The quantitative estimate of drug-likeness (QED) is 0.890. The van der Waals surface area contributed by atoms with Crippen molar-refractivity contribution < 1.29 is 14.6 Å². The number of ether oxygens (including phenoxy) is 1. The third kappa shape index (κ3) is 3.42. The summed E-state index contributed by atoms with van der Waals surface area (Å²) in [5, 5.41) is 9.54. The van der Waals surface area contributed by atoms with Crippen LogP contribution in [0.1, 0.15) is 15.9 Å². The van der Waals surface area contributed by atoms with Crippen LogP contribution < -0.4 is 10.3 Å². The second-order valence-electron chi connectivity index (χ2n) is 4.61. The van der Waals surface area contributed by atoms with E-state index in [1.165, 1.54) is 36.4 Å². The summed E-state index contributed by atoms with van der Waals surface area (Å²) in [5.74, 6) is 0.201. The van der Waals surface area contributed by atoms with Gasteiger partial charge in [0.15, 0.2) is 11.5 Å². The first kappa shape index (κ1) is 14.6. The fourth-order valence-electron chi connectivity index (χ4n) is 1.93.